The van der Waals surface area contributed by atoms with Crippen LogP contribution in [0, 0.1) is 5.82 Å². The average molecular weight is 332 g/mol. The summed E-state index contributed by atoms with van der Waals surface area (Å²) in [5.74, 6) is -1.27. The van der Waals surface area contributed by atoms with Crippen LogP contribution in [-0.2, 0) is 0 Å². The van der Waals surface area contributed by atoms with Gasteiger partial charge in [0, 0.05) is 17.3 Å². The molecular weight excluding hydrogens is 322 g/mol. The Kier molecular flexibility index (Phi) is 4.42. The van der Waals surface area contributed by atoms with E-state index in [1.54, 1.807) is 6.92 Å². The van der Waals surface area contributed by atoms with Crippen molar-refractivity contribution in [3.05, 3.63) is 53.4 Å². The number of alkyl halides is 3. The van der Waals surface area contributed by atoms with Gasteiger partial charge in [-0.25, -0.2) is 4.39 Å². The molecule has 0 bridgehead atoms. The Morgan fingerprint density at radius 3 is 2.50 bits per heavy atom. The van der Waals surface area contributed by atoms with Crippen molar-refractivity contribution in [1.82, 2.24) is 4.98 Å². The molecule has 1 heterocycles. The summed E-state index contributed by atoms with van der Waals surface area (Å²) in [6.45, 7) is 5.44. The molecule has 0 fully saturated rings. The second-order valence-corrected chi connectivity index (χ2v) is 4.93. The smallest absolute Gasteiger partial charge is 0.406 e. The maximum absolute atomic E-state index is 13.8. The number of hydrogen-bond acceptors (Lipinski definition) is 2. The fourth-order valence-electron chi connectivity index (χ4n) is 1.79. The summed E-state index contributed by atoms with van der Waals surface area (Å²) >= 11 is 6.04. The van der Waals surface area contributed by atoms with Crippen molar-refractivity contribution in [1.29, 1.82) is 0 Å². The van der Waals surface area contributed by atoms with Crippen molar-refractivity contribution < 1.29 is 22.3 Å². The molecule has 1 aromatic heterocycles. The van der Waals surface area contributed by atoms with Gasteiger partial charge in [-0.1, -0.05) is 18.2 Å². The topological polar surface area (TPSA) is 22.1 Å². The third-order valence-electron chi connectivity index (χ3n) is 2.76. The lowest BCUT2D eigenvalue weighted by Gasteiger charge is -2.11. The molecular formula is C15H10ClF4NO. The summed E-state index contributed by atoms with van der Waals surface area (Å²) in [6, 6.07) is 4.04. The molecule has 0 aliphatic rings. The van der Waals surface area contributed by atoms with Crippen LogP contribution < -0.4 is 4.74 Å². The van der Waals surface area contributed by atoms with E-state index >= 15 is 0 Å². The van der Waals surface area contributed by atoms with Crippen molar-refractivity contribution in [2.45, 2.75) is 13.3 Å². The number of nitrogens with zero attached hydrogens (tertiary/aromatic N) is 1. The van der Waals surface area contributed by atoms with Crippen LogP contribution in [0.25, 0.3) is 16.8 Å². The van der Waals surface area contributed by atoms with E-state index in [1.165, 1.54) is 12.3 Å². The molecule has 0 saturated carbocycles. The molecule has 0 aliphatic heterocycles. The first-order valence-electron chi connectivity index (χ1n) is 6.04. The van der Waals surface area contributed by atoms with E-state index in [9.17, 15) is 17.6 Å². The van der Waals surface area contributed by atoms with E-state index < -0.39 is 17.9 Å². The number of pyridine rings is 1. The highest BCUT2D eigenvalue weighted by molar-refractivity contribution is 6.32. The summed E-state index contributed by atoms with van der Waals surface area (Å²) < 4.78 is 54.3. The molecule has 0 atom stereocenters. The molecule has 22 heavy (non-hydrogen) atoms. The molecule has 0 N–H and O–H groups in total. The van der Waals surface area contributed by atoms with Gasteiger partial charge >= 0.3 is 6.36 Å². The Hall–Kier alpha value is -2.08. The summed E-state index contributed by atoms with van der Waals surface area (Å²) in [6.07, 6.45) is -3.47. The number of halogens is 5. The van der Waals surface area contributed by atoms with Crippen molar-refractivity contribution in [2.75, 3.05) is 0 Å². The zero-order valence-electron chi connectivity index (χ0n) is 11.3. The van der Waals surface area contributed by atoms with Crippen molar-refractivity contribution >= 4 is 17.2 Å². The Morgan fingerprint density at radius 2 is 1.95 bits per heavy atom. The van der Waals surface area contributed by atoms with E-state index in [-0.39, 0.29) is 16.3 Å². The predicted molar refractivity (Wildman–Crippen MR) is 76.0 cm³/mol. The predicted octanol–water partition coefficient (Wildman–Crippen LogP) is 5.47. The Labute approximate surface area is 129 Å². The quantitative estimate of drug-likeness (QED) is 0.695. The lowest BCUT2D eigenvalue weighted by atomic mass is 10.1. The van der Waals surface area contributed by atoms with Crippen LogP contribution in [0.5, 0.6) is 5.75 Å². The summed E-state index contributed by atoms with van der Waals surface area (Å²) in [5.41, 5.74) is 1.20. The van der Waals surface area contributed by atoms with E-state index in [0.717, 1.165) is 18.2 Å². The van der Waals surface area contributed by atoms with Gasteiger partial charge in [0.15, 0.2) is 0 Å². The van der Waals surface area contributed by atoms with Crippen LogP contribution in [-0.4, -0.2) is 11.3 Å². The molecule has 1 aromatic carbocycles. The molecule has 2 rings (SSSR count). The molecule has 0 amide bonds. The molecule has 0 saturated heterocycles. The van der Waals surface area contributed by atoms with E-state index in [0.29, 0.717) is 11.1 Å². The monoisotopic (exact) mass is 331 g/mol. The van der Waals surface area contributed by atoms with E-state index in [1.807, 2.05) is 0 Å². The van der Waals surface area contributed by atoms with Gasteiger partial charge in [0.2, 0.25) is 0 Å². The Bertz CT molecular complexity index is 728. The highest BCUT2D eigenvalue weighted by Crippen LogP contribution is 2.32. The van der Waals surface area contributed by atoms with Gasteiger partial charge in [-0.2, -0.15) is 0 Å². The van der Waals surface area contributed by atoms with Gasteiger partial charge < -0.3 is 4.74 Å². The number of aromatic nitrogens is 1. The van der Waals surface area contributed by atoms with Crippen LogP contribution in [0.15, 0.2) is 37.0 Å². The van der Waals surface area contributed by atoms with Gasteiger partial charge in [0.25, 0.3) is 0 Å². The normalized spacial score (nSPS) is 11.4. The lowest BCUT2D eigenvalue weighted by Crippen LogP contribution is -2.17. The first-order valence-corrected chi connectivity index (χ1v) is 6.42. The lowest BCUT2D eigenvalue weighted by molar-refractivity contribution is -0.274. The first kappa shape index (κ1) is 16.3. The van der Waals surface area contributed by atoms with Crippen LogP contribution in [0.3, 0.4) is 0 Å². The minimum Gasteiger partial charge on any atom is -0.406 e. The fraction of sp³-hybridized carbons (Fsp3) is 0.133. The molecule has 116 valence electrons. The Balaban J connectivity index is 2.46. The zero-order chi connectivity index (χ0) is 16.5. The molecule has 2 nitrogen and oxygen atoms in total. The van der Waals surface area contributed by atoms with Gasteiger partial charge in [0.1, 0.15) is 11.6 Å². The zero-order valence-corrected chi connectivity index (χ0v) is 12.1. The number of hydrogen-bond donors (Lipinski definition) is 0. The van der Waals surface area contributed by atoms with E-state index in [4.69, 9.17) is 11.6 Å². The minimum atomic E-state index is -4.86. The van der Waals surface area contributed by atoms with Crippen LogP contribution in [0.2, 0.25) is 5.02 Å². The van der Waals surface area contributed by atoms with Crippen LogP contribution in [0.1, 0.15) is 12.5 Å². The van der Waals surface area contributed by atoms with Crippen LogP contribution in [0.4, 0.5) is 17.6 Å². The number of allylic oxidation sites excluding steroid dienone is 1. The van der Waals surface area contributed by atoms with Crippen molar-refractivity contribution in [2.24, 2.45) is 0 Å². The van der Waals surface area contributed by atoms with Gasteiger partial charge in [-0.3, -0.25) is 4.98 Å². The molecule has 0 aliphatic carbocycles. The fourth-order valence-corrected chi connectivity index (χ4v) is 2.10. The number of rotatable bonds is 3. The third kappa shape index (κ3) is 3.76. The second-order valence-electron chi connectivity index (χ2n) is 4.52. The summed E-state index contributed by atoms with van der Waals surface area (Å²) in [7, 11) is 0. The first-order chi connectivity index (χ1) is 10.2. The highest BCUT2D eigenvalue weighted by Gasteiger charge is 2.31. The van der Waals surface area contributed by atoms with Crippen LogP contribution >= 0.6 is 11.6 Å². The average Bonchev–Trinajstić information content (AvgIpc) is 2.38. The Morgan fingerprint density at radius 1 is 1.27 bits per heavy atom. The van der Waals surface area contributed by atoms with Gasteiger partial charge in [0.05, 0.1) is 10.7 Å². The standard InChI is InChI=1S/C15H10ClF4NO/c1-8(2)11-7-21-14(6-12(11)16)10-5-9(3-4-13(10)17)22-15(18,19)20/h3-7H,1H2,2H3. The molecule has 0 radical (unpaired) electrons. The minimum absolute atomic E-state index is 0.0973. The van der Waals surface area contributed by atoms with E-state index in [2.05, 4.69) is 16.3 Å². The highest BCUT2D eigenvalue weighted by atomic mass is 35.5. The molecule has 2 aromatic rings. The maximum Gasteiger partial charge on any atom is 0.573 e. The number of benzene rings is 1. The van der Waals surface area contributed by atoms with Gasteiger partial charge in [-0.05, 0) is 36.8 Å². The molecule has 7 heteroatoms. The van der Waals surface area contributed by atoms with Crippen molar-refractivity contribution in [3.63, 3.8) is 0 Å². The van der Waals surface area contributed by atoms with Gasteiger partial charge in [-0.15, -0.1) is 13.2 Å². The van der Waals surface area contributed by atoms with Crippen molar-refractivity contribution in [3.8, 4) is 17.0 Å². The summed E-state index contributed by atoms with van der Waals surface area (Å²) in [4.78, 5) is 4.01. The SMILES string of the molecule is C=C(C)c1cnc(-c2cc(OC(F)(F)F)ccc2F)cc1Cl. The third-order valence-corrected chi connectivity index (χ3v) is 3.07. The maximum atomic E-state index is 13.8. The molecule has 0 unspecified atom stereocenters. The second kappa shape index (κ2) is 5.96. The molecule has 0 spiro atoms. The summed E-state index contributed by atoms with van der Waals surface area (Å²) in [5, 5.41) is 0.277. The largest absolute Gasteiger partial charge is 0.573 e. The number of ether oxygens (including phenoxy) is 1.